The van der Waals surface area contributed by atoms with Crippen molar-refractivity contribution in [3.63, 3.8) is 0 Å². The minimum Gasteiger partial charge on any atom is -0.383 e. The van der Waals surface area contributed by atoms with E-state index >= 15 is 0 Å². The number of carbonyl (C=O) groups excluding carboxylic acids is 1. The van der Waals surface area contributed by atoms with Crippen LogP contribution in [0.3, 0.4) is 0 Å². The number of rotatable bonds is 8. The molecule has 1 aromatic heterocycles. The third-order valence-corrected chi connectivity index (χ3v) is 5.54. The molecule has 1 saturated carbocycles. The lowest BCUT2D eigenvalue weighted by Crippen LogP contribution is -2.47. The number of amides is 1. The van der Waals surface area contributed by atoms with Gasteiger partial charge in [0.2, 0.25) is 5.91 Å². The quantitative estimate of drug-likeness (QED) is 0.756. The summed E-state index contributed by atoms with van der Waals surface area (Å²) in [7, 11) is 3.35. The second-order valence-corrected chi connectivity index (χ2v) is 7.17. The maximum atomic E-state index is 13.2. The average Bonchev–Trinajstić information content (AvgIpc) is 2.91. The van der Waals surface area contributed by atoms with E-state index in [-0.39, 0.29) is 24.0 Å². The molecule has 0 bridgehead atoms. The van der Waals surface area contributed by atoms with Crippen molar-refractivity contribution in [3.05, 3.63) is 17.0 Å². The van der Waals surface area contributed by atoms with Crippen molar-refractivity contribution in [1.82, 2.24) is 14.7 Å². The van der Waals surface area contributed by atoms with Crippen molar-refractivity contribution in [2.24, 2.45) is 11.7 Å². The third-order valence-electron chi connectivity index (χ3n) is 5.54. The smallest absolute Gasteiger partial charge is 0.226 e. The lowest BCUT2D eigenvalue weighted by Gasteiger charge is -2.35. The summed E-state index contributed by atoms with van der Waals surface area (Å²) >= 11 is 0. The van der Waals surface area contributed by atoms with Crippen LogP contribution < -0.4 is 5.73 Å². The number of ether oxygens (including phenoxy) is 2. The van der Waals surface area contributed by atoms with Crippen LogP contribution in [0.1, 0.15) is 43.1 Å². The molecule has 2 N–H and O–H groups in total. The first-order chi connectivity index (χ1) is 12.4. The van der Waals surface area contributed by atoms with Gasteiger partial charge in [-0.25, -0.2) is 0 Å². The molecule has 3 atom stereocenters. The molecule has 1 fully saturated rings. The monoisotopic (exact) mass is 366 g/mol. The predicted molar refractivity (Wildman–Crippen MR) is 101 cm³/mol. The van der Waals surface area contributed by atoms with E-state index in [9.17, 15) is 4.79 Å². The van der Waals surface area contributed by atoms with Crippen LogP contribution in [0.2, 0.25) is 0 Å². The van der Waals surface area contributed by atoms with Crippen LogP contribution in [0.4, 0.5) is 0 Å². The van der Waals surface area contributed by atoms with Gasteiger partial charge in [0, 0.05) is 57.1 Å². The second-order valence-electron chi connectivity index (χ2n) is 7.17. The van der Waals surface area contributed by atoms with Crippen LogP contribution in [-0.2, 0) is 27.4 Å². The van der Waals surface area contributed by atoms with E-state index in [0.717, 1.165) is 36.3 Å². The molecule has 1 heterocycles. The highest BCUT2D eigenvalue weighted by Gasteiger charge is 2.34. The van der Waals surface area contributed by atoms with E-state index in [0.29, 0.717) is 26.1 Å². The lowest BCUT2D eigenvalue weighted by atomic mass is 9.83. The first-order valence-corrected chi connectivity index (χ1v) is 9.51. The zero-order valence-electron chi connectivity index (χ0n) is 16.8. The standard InChI is InChI=1S/C19H34N4O3/c1-6-23-14(3)16(13(2)21-23)12-22(9-10-25-4)19(24)15-7-8-18(26-5)17(20)11-15/h15,17-18H,6-12,20H2,1-5H3/t15-,17+,18+/m0/s1. The fourth-order valence-corrected chi connectivity index (χ4v) is 3.88. The average molecular weight is 367 g/mol. The summed E-state index contributed by atoms with van der Waals surface area (Å²) in [6, 6.07) is -0.0849. The van der Waals surface area contributed by atoms with Gasteiger partial charge in [-0.2, -0.15) is 5.10 Å². The number of nitrogens with two attached hydrogens (primary N) is 1. The highest BCUT2D eigenvalue weighted by Crippen LogP contribution is 2.28. The molecule has 2 rings (SSSR count). The van der Waals surface area contributed by atoms with E-state index in [4.69, 9.17) is 15.2 Å². The van der Waals surface area contributed by atoms with E-state index in [1.807, 2.05) is 16.5 Å². The normalized spacial score (nSPS) is 23.2. The summed E-state index contributed by atoms with van der Waals surface area (Å²) in [5, 5.41) is 4.58. The molecule has 148 valence electrons. The number of methoxy groups -OCH3 is 2. The molecule has 7 nitrogen and oxygen atoms in total. The van der Waals surface area contributed by atoms with Gasteiger partial charge in [-0.05, 0) is 40.0 Å². The number of hydrogen-bond donors (Lipinski definition) is 1. The first kappa shape index (κ1) is 20.9. The van der Waals surface area contributed by atoms with Gasteiger partial charge in [-0.3, -0.25) is 9.48 Å². The van der Waals surface area contributed by atoms with Gasteiger partial charge in [0.15, 0.2) is 0 Å². The van der Waals surface area contributed by atoms with Crippen LogP contribution in [0.5, 0.6) is 0 Å². The highest BCUT2D eigenvalue weighted by atomic mass is 16.5. The van der Waals surface area contributed by atoms with Crippen LogP contribution in [-0.4, -0.2) is 60.1 Å². The fraction of sp³-hybridized carbons (Fsp3) is 0.789. The molecule has 0 aliphatic heterocycles. The Morgan fingerprint density at radius 2 is 2.08 bits per heavy atom. The second kappa shape index (κ2) is 9.48. The molecule has 0 spiro atoms. The number of aryl methyl sites for hydroxylation is 2. The topological polar surface area (TPSA) is 82.6 Å². The summed E-state index contributed by atoms with van der Waals surface area (Å²) in [5.41, 5.74) is 9.45. The summed E-state index contributed by atoms with van der Waals surface area (Å²) in [6.07, 6.45) is 2.38. The number of nitrogens with zero attached hydrogens (tertiary/aromatic N) is 3. The molecular weight excluding hydrogens is 332 g/mol. The molecule has 1 aliphatic carbocycles. The molecule has 0 aromatic carbocycles. The van der Waals surface area contributed by atoms with E-state index in [1.165, 1.54) is 0 Å². The van der Waals surface area contributed by atoms with Gasteiger partial charge < -0.3 is 20.1 Å². The molecular formula is C19H34N4O3. The van der Waals surface area contributed by atoms with E-state index in [1.54, 1.807) is 14.2 Å². The molecule has 0 radical (unpaired) electrons. The summed E-state index contributed by atoms with van der Waals surface area (Å²) in [4.78, 5) is 15.1. The van der Waals surface area contributed by atoms with Crippen molar-refractivity contribution in [2.75, 3.05) is 27.4 Å². The summed E-state index contributed by atoms with van der Waals surface area (Å²) in [6.45, 7) is 8.64. The minimum atomic E-state index is -0.0849. The molecule has 0 unspecified atom stereocenters. The number of aromatic nitrogens is 2. The van der Waals surface area contributed by atoms with Gasteiger partial charge in [0.25, 0.3) is 0 Å². The zero-order valence-corrected chi connectivity index (χ0v) is 16.8. The van der Waals surface area contributed by atoms with Crippen LogP contribution in [0.25, 0.3) is 0 Å². The Balaban J connectivity index is 2.14. The Morgan fingerprint density at radius 3 is 2.62 bits per heavy atom. The van der Waals surface area contributed by atoms with Gasteiger partial charge >= 0.3 is 0 Å². The molecule has 7 heteroatoms. The Labute approximate surface area is 156 Å². The van der Waals surface area contributed by atoms with Crippen LogP contribution in [0, 0.1) is 19.8 Å². The van der Waals surface area contributed by atoms with Crippen LogP contribution >= 0.6 is 0 Å². The summed E-state index contributed by atoms with van der Waals surface area (Å²) in [5.74, 6) is 0.116. The maximum Gasteiger partial charge on any atom is 0.226 e. The molecule has 0 saturated heterocycles. The van der Waals surface area contributed by atoms with E-state index < -0.39 is 0 Å². The van der Waals surface area contributed by atoms with Gasteiger partial charge in [0.05, 0.1) is 18.4 Å². The van der Waals surface area contributed by atoms with E-state index in [2.05, 4.69) is 18.9 Å². The van der Waals surface area contributed by atoms with Crippen molar-refractivity contribution in [2.45, 2.75) is 65.3 Å². The first-order valence-electron chi connectivity index (χ1n) is 9.51. The Morgan fingerprint density at radius 1 is 1.35 bits per heavy atom. The van der Waals surface area contributed by atoms with Crippen molar-refractivity contribution in [3.8, 4) is 0 Å². The van der Waals surface area contributed by atoms with Gasteiger partial charge in [0.1, 0.15) is 0 Å². The highest BCUT2D eigenvalue weighted by molar-refractivity contribution is 5.79. The van der Waals surface area contributed by atoms with Gasteiger partial charge in [-0.15, -0.1) is 0 Å². The molecule has 1 aliphatic rings. The van der Waals surface area contributed by atoms with Crippen LogP contribution in [0.15, 0.2) is 0 Å². The Bertz CT molecular complexity index is 602. The summed E-state index contributed by atoms with van der Waals surface area (Å²) < 4.78 is 12.6. The lowest BCUT2D eigenvalue weighted by molar-refractivity contribution is -0.139. The fourth-order valence-electron chi connectivity index (χ4n) is 3.88. The molecule has 1 amide bonds. The number of carbonyl (C=O) groups is 1. The Kier molecular flexibility index (Phi) is 7.61. The number of hydrogen-bond acceptors (Lipinski definition) is 5. The largest absolute Gasteiger partial charge is 0.383 e. The molecule has 1 aromatic rings. The predicted octanol–water partition coefficient (Wildman–Crippen LogP) is 1.64. The SMILES string of the molecule is CCn1nc(C)c(CN(CCOC)C(=O)[C@H]2CC[C@@H](OC)[C@H](N)C2)c1C. The minimum absolute atomic E-state index is 0.0462. The third kappa shape index (κ3) is 4.64. The molecule has 26 heavy (non-hydrogen) atoms. The Hall–Kier alpha value is -1.44. The van der Waals surface area contributed by atoms with Crippen molar-refractivity contribution < 1.29 is 14.3 Å². The zero-order chi connectivity index (χ0) is 19.3. The van der Waals surface area contributed by atoms with Crippen molar-refractivity contribution in [1.29, 1.82) is 0 Å². The van der Waals surface area contributed by atoms with Gasteiger partial charge in [-0.1, -0.05) is 0 Å². The maximum absolute atomic E-state index is 13.2. The van der Waals surface area contributed by atoms with Crippen molar-refractivity contribution >= 4 is 5.91 Å².